The molecule has 324 valence electrons. The van der Waals surface area contributed by atoms with Crippen LogP contribution in [0.2, 0.25) is 0 Å². The molecular weight excluding hydrogens is 839 g/mol. The normalized spacial score (nSPS) is 13.7. The van der Waals surface area contributed by atoms with Crippen molar-refractivity contribution in [3.05, 3.63) is 248 Å². The van der Waals surface area contributed by atoms with Crippen LogP contribution in [-0.4, -0.2) is 0 Å². The Morgan fingerprint density at radius 3 is 1.57 bits per heavy atom. The fraction of sp³-hybridized carbons (Fsp3) is 0.0909. The number of hydrogen-bond donors (Lipinski definition) is 0. The minimum absolute atomic E-state index is 0.111. The van der Waals surface area contributed by atoms with Crippen molar-refractivity contribution < 1.29 is 0 Å². The lowest BCUT2D eigenvalue weighted by molar-refractivity contribution is 0.353. The van der Waals surface area contributed by atoms with Crippen LogP contribution in [0.4, 0.5) is 17.1 Å². The van der Waals surface area contributed by atoms with Crippen LogP contribution < -0.4 is 4.90 Å². The molecule has 1 saturated carbocycles. The predicted molar refractivity (Wildman–Crippen MR) is 290 cm³/mol. The molecule has 1 nitrogen and oxygen atoms in total. The number of hydrogen-bond acceptors (Lipinski definition) is 2. The minimum atomic E-state index is 0.111. The van der Waals surface area contributed by atoms with Crippen molar-refractivity contribution in [1.82, 2.24) is 0 Å². The molecule has 2 aliphatic carbocycles. The van der Waals surface area contributed by atoms with Gasteiger partial charge in [0.2, 0.25) is 0 Å². The van der Waals surface area contributed by atoms with E-state index in [4.69, 9.17) is 0 Å². The minimum Gasteiger partial charge on any atom is -0.309 e. The lowest BCUT2D eigenvalue weighted by atomic mass is 9.67. The number of thiophene rings is 1. The summed E-state index contributed by atoms with van der Waals surface area (Å²) in [4.78, 5) is 2.51. The number of rotatable bonds is 8. The van der Waals surface area contributed by atoms with Gasteiger partial charge >= 0.3 is 0 Å². The Kier molecular flexibility index (Phi) is 10.0. The van der Waals surface area contributed by atoms with E-state index in [0.717, 1.165) is 17.1 Å². The molecule has 0 atom stereocenters. The molecule has 0 bridgehead atoms. The predicted octanol–water partition coefficient (Wildman–Crippen LogP) is 19.1. The van der Waals surface area contributed by atoms with Gasteiger partial charge in [0.1, 0.15) is 0 Å². The third-order valence-corrected chi connectivity index (χ3v) is 16.2. The Morgan fingerprint density at radius 1 is 0.324 bits per heavy atom. The van der Waals surface area contributed by atoms with Crippen molar-refractivity contribution in [3.63, 3.8) is 0 Å². The van der Waals surface area contributed by atoms with E-state index in [1.165, 1.54) is 130 Å². The largest absolute Gasteiger partial charge is 0.309 e. The number of para-hydroxylation sites is 2. The van der Waals surface area contributed by atoms with Crippen LogP contribution in [0.5, 0.6) is 0 Å². The first-order chi connectivity index (χ1) is 33.7. The second kappa shape index (κ2) is 16.8. The zero-order valence-electron chi connectivity index (χ0n) is 37.9. The summed E-state index contributed by atoms with van der Waals surface area (Å²) >= 11 is 1.89. The van der Waals surface area contributed by atoms with Gasteiger partial charge in [-0.25, -0.2) is 0 Å². The molecule has 10 aromatic carbocycles. The smallest absolute Gasteiger partial charge is 0.0540 e. The molecule has 0 unspecified atom stereocenters. The fourth-order valence-electron chi connectivity index (χ4n) is 11.8. The van der Waals surface area contributed by atoms with Gasteiger partial charge in [-0.15, -0.1) is 11.3 Å². The van der Waals surface area contributed by atoms with Gasteiger partial charge in [-0.2, -0.15) is 0 Å². The summed E-state index contributed by atoms with van der Waals surface area (Å²) in [6, 6.07) is 88.1. The van der Waals surface area contributed by atoms with E-state index >= 15 is 0 Å². The summed E-state index contributed by atoms with van der Waals surface area (Å²) in [5, 5.41) is 2.61. The maximum Gasteiger partial charge on any atom is 0.0540 e. The molecule has 1 heterocycles. The molecule has 0 amide bonds. The standard InChI is InChI=1S/C66H49NS/c1-3-20-46(21-4-1)49-22-5-6-23-50(49)51-24-7-8-25-52(51)55-27-10-14-33-62(55)67(63-34-15-11-28-56(63)58-30-19-31-59-57-29-12-16-35-64(57)68-65(58)59)48-39-36-45(37-40-48)47-38-41-54-53-26-9-13-32-60(53)66(61(54)44-47)42-17-2-18-43-66/h1,3-16,19-41,44H,2,17-18,42-43H2. The van der Waals surface area contributed by atoms with Crippen LogP contribution >= 0.6 is 11.3 Å². The first-order valence-corrected chi connectivity index (χ1v) is 25.0. The molecule has 0 saturated heterocycles. The van der Waals surface area contributed by atoms with Crippen LogP contribution in [0.25, 0.3) is 86.9 Å². The molecule has 0 radical (unpaired) electrons. The first kappa shape index (κ1) is 40.5. The second-order valence-corrected chi connectivity index (χ2v) is 19.7. The van der Waals surface area contributed by atoms with Crippen molar-refractivity contribution in [2.45, 2.75) is 37.5 Å². The van der Waals surface area contributed by atoms with Crippen molar-refractivity contribution >= 4 is 48.6 Å². The van der Waals surface area contributed by atoms with Gasteiger partial charge in [0.25, 0.3) is 0 Å². The van der Waals surface area contributed by atoms with E-state index in [1.807, 2.05) is 11.3 Å². The van der Waals surface area contributed by atoms with Crippen LogP contribution in [0.3, 0.4) is 0 Å². The van der Waals surface area contributed by atoms with Crippen LogP contribution in [0.15, 0.2) is 237 Å². The van der Waals surface area contributed by atoms with Crippen LogP contribution in [0, 0.1) is 0 Å². The van der Waals surface area contributed by atoms with E-state index in [-0.39, 0.29) is 5.41 Å². The van der Waals surface area contributed by atoms with Crippen molar-refractivity contribution in [1.29, 1.82) is 0 Å². The Balaban J connectivity index is 0.990. The summed E-state index contributed by atoms with van der Waals surface area (Å²) < 4.78 is 2.62. The average molecular weight is 888 g/mol. The van der Waals surface area contributed by atoms with Crippen LogP contribution in [-0.2, 0) is 5.41 Å². The average Bonchev–Trinajstić information content (AvgIpc) is 3.93. The maximum absolute atomic E-state index is 2.54. The monoisotopic (exact) mass is 887 g/mol. The highest BCUT2D eigenvalue weighted by Crippen LogP contribution is 2.57. The number of fused-ring (bicyclic) bond motifs is 8. The SMILES string of the molecule is c1ccc(-c2ccccc2-c2ccccc2-c2ccccc2N(c2ccc(-c3ccc4c(c3)C3(CCCCC3)c3ccccc3-4)cc2)c2ccccc2-c2cccc3c2sc2ccccc23)cc1. The third-order valence-electron chi connectivity index (χ3n) is 14.9. The highest BCUT2D eigenvalue weighted by Gasteiger charge is 2.43. The van der Waals surface area contributed by atoms with Gasteiger partial charge in [-0.05, 0) is 110 Å². The lowest BCUT2D eigenvalue weighted by Crippen LogP contribution is -2.28. The number of nitrogens with zero attached hydrogens (tertiary/aromatic N) is 1. The lowest BCUT2D eigenvalue weighted by Gasteiger charge is -2.36. The zero-order chi connectivity index (χ0) is 45.0. The second-order valence-electron chi connectivity index (χ2n) is 18.6. The summed E-state index contributed by atoms with van der Waals surface area (Å²) in [5.74, 6) is 0. The molecule has 1 aromatic heterocycles. The van der Waals surface area contributed by atoms with Gasteiger partial charge in [0.05, 0.1) is 11.4 Å². The topological polar surface area (TPSA) is 3.24 Å². The van der Waals surface area contributed by atoms with Crippen molar-refractivity contribution in [2.24, 2.45) is 0 Å². The van der Waals surface area contributed by atoms with E-state index in [1.54, 1.807) is 0 Å². The van der Waals surface area contributed by atoms with Crippen LogP contribution in [0.1, 0.15) is 43.2 Å². The van der Waals surface area contributed by atoms with E-state index < -0.39 is 0 Å². The summed E-state index contributed by atoms with van der Waals surface area (Å²) in [5.41, 5.74) is 21.5. The fourth-order valence-corrected chi connectivity index (χ4v) is 13.1. The summed E-state index contributed by atoms with van der Waals surface area (Å²) in [7, 11) is 0. The third kappa shape index (κ3) is 6.66. The molecule has 68 heavy (non-hydrogen) atoms. The molecule has 2 aliphatic rings. The molecule has 1 fully saturated rings. The molecular formula is C66H49NS. The Morgan fingerprint density at radius 2 is 0.838 bits per heavy atom. The first-order valence-electron chi connectivity index (χ1n) is 24.2. The van der Waals surface area contributed by atoms with Gasteiger partial charge in [0.15, 0.2) is 0 Å². The number of benzene rings is 10. The van der Waals surface area contributed by atoms with Gasteiger partial charge < -0.3 is 4.90 Å². The Labute approximate surface area is 403 Å². The van der Waals surface area contributed by atoms with Gasteiger partial charge in [-0.1, -0.05) is 219 Å². The van der Waals surface area contributed by atoms with E-state index in [0.29, 0.717) is 0 Å². The van der Waals surface area contributed by atoms with Crippen molar-refractivity contribution in [2.75, 3.05) is 4.90 Å². The molecule has 0 N–H and O–H groups in total. The number of anilines is 3. The quantitative estimate of drug-likeness (QED) is 0.147. The van der Waals surface area contributed by atoms with E-state index in [9.17, 15) is 0 Å². The zero-order valence-corrected chi connectivity index (χ0v) is 38.7. The molecule has 13 rings (SSSR count). The summed E-state index contributed by atoms with van der Waals surface area (Å²) in [6.45, 7) is 0. The Bertz CT molecular complexity index is 3670. The summed E-state index contributed by atoms with van der Waals surface area (Å²) in [6.07, 6.45) is 6.35. The molecule has 0 aliphatic heterocycles. The highest BCUT2D eigenvalue weighted by molar-refractivity contribution is 7.26. The van der Waals surface area contributed by atoms with Gasteiger partial charge in [0, 0.05) is 48.0 Å². The van der Waals surface area contributed by atoms with Gasteiger partial charge in [-0.3, -0.25) is 0 Å². The highest BCUT2D eigenvalue weighted by atomic mass is 32.1. The molecule has 1 spiro atoms. The molecule has 11 aromatic rings. The van der Waals surface area contributed by atoms with Crippen molar-refractivity contribution in [3.8, 4) is 66.8 Å². The molecule has 2 heteroatoms. The maximum atomic E-state index is 2.54. The Hall–Kier alpha value is -7.78. The van der Waals surface area contributed by atoms with E-state index in [2.05, 4.69) is 241 Å².